The van der Waals surface area contributed by atoms with Crippen LogP contribution in [0.25, 0.3) is 0 Å². The summed E-state index contributed by atoms with van der Waals surface area (Å²) in [5.74, 6) is 0.952. The van der Waals surface area contributed by atoms with E-state index in [0.717, 1.165) is 31.4 Å². The molecule has 2 fully saturated rings. The molecule has 1 aromatic rings. The van der Waals surface area contributed by atoms with Crippen molar-refractivity contribution in [1.82, 2.24) is 9.80 Å². The molecule has 4 heteroatoms. The van der Waals surface area contributed by atoms with Crippen LogP contribution < -0.4 is 4.74 Å². The summed E-state index contributed by atoms with van der Waals surface area (Å²) in [4.78, 5) is 5.22. The number of benzene rings is 1. The van der Waals surface area contributed by atoms with E-state index in [9.17, 15) is 0 Å². The summed E-state index contributed by atoms with van der Waals surface area (Å²) in [7, 11) is 1.73. The van der Waals surface area contributed by atoms with Gasteiger partial charge in [0.25, 0.3) is 0 Å². The second-order valence-corrected chi connectivity index (χ2v) is 7.07. The summed E-state index contributed by atoms with van der Waals surface area (Å²) in [5.41, 5.74) is 1.34. The highest BCUT2D eigenvalue weighted by Crippen LogP contribution is 2.23. The molecule has 2 unspecified atom stereocenters. The Morgan fingerprint density at radius 1 is 1.13 bits per heavy atom. The van der Waals surface area contributed by atoms with Gasteiger partial charge < -0.3 is 9.47 Å². The number of piperidine rings is 1. The molecule has 2 aliphatic heterocycles. The van der Waals surface area contributed by atoms with E-state index in [4.69, 9.17) is 9.47 Å². The highest BCUT2D eigenvalue weighted by atomic mass is 16.5. The second-order valence-electron chi connectivity index (χ2n) is 7.07. The van der Waals surface area contributed by atoms with E-state index in [1.165, 1.54) is 31.5 Å². The first kappa shape index (κ1) is 16.7. The summed E-state index contributed by atoms with van der Waals surface area (Å²) in [6.45, 7) is 9.96. The number of methoxy groups -OCH3 is 1. The third-order valence-electron chi connectivity index (χ3n) is 5.06. The van der Waals surface area contributed by atoms with Gasteiger partial charge in [-0.3, -0.25) is 9.80 Å². The molecule has 2 heterocycles. The average molecular weight is 318 g/mol. The van der Waals surface area contributed by atoms with Gasteiger partial charge in [-0.15, -0.1) is 0 Å². The quantitative estimate of drug-likeness (QED) is 0.852. The smallest absolute Gasteiger partial charge is 0.119 e. The minimum atomic E-state index is 0.369. The normalized spacial score (nSPS) is 28.0. The van der Waals surface area contributed by atoms with Gasteiger partial charge in [-0.2, -0.15) is 0 Å². The molecule has 2 atom stereocenters. The molecule has 0 aromatic heterocycles. The van der Waals surface area contributed by atoms with Crippen LogP contribution >= 0.6 is 0 Å². The third-order valence-corrected chi connectivity index (χ3v) is 5.06. The van der Waals surface area contributed by atoms with E-state index in [2.05, 4.69) is 41.8 Å². The summed E-state index contributed by atoms with van der Waals surface area (Å²) in [6, 6.07) is 9.16. The van der Waals surface area contributed by atoms with Crippen LogP contribution in [0, 0.1) is 0 Å². The first-order chi connectivity index (χ1) is 11.1. The molecule has 2 aliphatic rings. The lowest BCUT2D eigenvalue weighted by Crippen LogP contribution is -2.53. The van der Waals surface area contributed by atoms with Gasteiger partial charge >= 0.3 is 0 Å². The Kier molecular flexibility index (Phi) is 5.57. The fraction of sp³-hybridized carbons (Fsp3) is 0.684. The number of ether oxygens (including phenoxy) is 2. The zero-order valence-corrected chi connectivity index (χ0v) is 14.7. The highest BCUT2D eigenvalue weighted by Gasteiger charge is 2.30. The zero-order chi connectivity index (χ0) is 16.2. The summed E-state index contributed by atoms with van der Waals surface area (Å²) < 4.78 is 11.2. The van der Waals surface area contributed by atoms with Crippen molar-refractivity contribution in [3.05, 3.63) is 29.8 Å². The Morgan fingerprint density at radius 3 is 2.48 bits per heavy atom. The summed E-state index contributed by atoms with van der Waals surface area (Å²) in [6.07, 6.45) is 3.27. The Labute approximate surface area is 140 Å². The molecule has 3 rings (SSSR count). The Morgan fingerprint density at radius 2 is 1.83 bits per heavy atom. The van der Waals surface area contributed by atoms with Crippen LogP contribution in [0.3, 0.4) is 0 Å². The van der Waals surface area contributed by atoms with Gasteiger partial charge in [0.05, 0.1) is 19.3 Å². The van der Waals surface area contributed by atoms with Crippen LogP contribution in [0.2, 0.25) is 0 Å². The predicted octanol–water partition coefficient (Wildman–Crippen LogP) is 2.77. The molecule has 0 N–H and O–H groups in total. The largest absolute Gasteiger partial charge is 0.497 e. The van der Waals surface area contributed by atoms with E-state index in [0.29, 0.717) is 12.2 Å². The molecule has 0 spiro atoms. The molecular formula is C19H30N2O2. The van der Waals surface area contributed by atoms with Gasteiger partial charge in [0.2, 0.25) is 0 Å². The fourth-order valence-electron chi connectivity index (χ4n) is 3.99. The van der Waals surface area contributed by atoms with Crippen molar-refractivity contribution in [2.45, 2.75) is 51.5 Å². The monoisotopic (exact) mass is 318 g/mol. The minimum Gasteiger partial charge on any atom is -0.497 e. The maximum Gasteiger partial charge on any atom is 0.119 e. The van der Waals surface area contributed by atoms with Gasteiger partial charge in [-0.25, -0.2) is 0 Å². The molecule has 2 saturated heterocycles. The maximum absolute atomic E-state index is 5.87. The maximum atomic E-state index is 5.87. The van der Waals surface area contributed by atoms with Crippen molar-refractivity contribution in [3.63, 3.8) is 0 Å². The number of hydrogen-bond acceptors (Lipinski definition) is 4. The van der Waals surface area contributed by atoms with E-state index in [-0.39, 0.29) is 0 Å². The van der Waals surface area contributed by atoms with Crippen LogP contribution in [0.5, 0.6) is 5.75 Å². The average Bonchev–Trinajstić information content (AvgIpc) is 2.55. The van der Waals surface area contributed by atoms with Gasteiger partial charge in [0.1, 0.15) is 5.75 Å². The SMILES string of the molecule is COc1cccc(CN2CCC(N3CC(C)OC(C)C3)CC2)c1. The molecule has 0 radical (unpaired) electrons. The summed E-state index contributed by atoms with van der Waals surface area (Å²) >= 11 is 0. The van der Waals surface area contributed by atoms with Gasteiger partial charge in [-0.05, 0) is 57.5 Å². The molecular weight excluding hydrogens is 288 g/mol. The fourth-order valence-corrected chi connectivity index (χ4v) is 3.99. The van der Waals surface area contributed by atoms with Crippen LogP contribution in [0.4, 0.5) is 0 Å². The number of likely N-dealkylation sites (tertiary alicyclic amines) is 1. The molecule has 1 aromatic carbocycles. The topological polar surface area (TPSA) is 24.9 Å². The molecule has 0 bridgehead atoms. The van der Waals surface area contributed by atoms with E-state index >= 15 is 0 Å². The third kappa shape index (κ3) is 4.46. The van der Waals surface area contributed by atoms with Gasteiger partial charge in [-0.1, -0.05) is 12.1 Å². The van der Waals surface area contributed by atoms with Crippen LogP contribution in [0.15, 0.2) is 24.3 Å². The van der Waals surface area contributed by atoms with Crippen molar-refractivity contribution in [1.29, 1.82) is 0 Å². The standard InChI is InChI=1S/C19H30N2O2/c1-15-12-21(13-16(2)23-15)18-7-9-20(10-8-18)14-17-5-4-6-19(11-17)22-3/h4-6,11,15-16,18H,7-10,12-14H2,1-3H3. The van der Waals surface area contributed by atoms with E-state index in [1.807, 2.05) is 6.07 Å². The second kappa shape index (κ2) is 7.65. The first-order valence-corrected chi connectivity index (χ1v) is 8.89. The number of morpholine rings is 1. The van der Waals surface area contributed by atoms with Crippen LogP contribution in [0.1, 0.15) is 32.3 Å². The number of nitrogens with zero attached hydrogens (tertiary/aromatic N) is 2. The predicted molar refractivity (Wildman–Crippen MR) is 92.9 cm³/mol. The molecule has 128 valence electrons. The molecule has 0 saturated carbocycles. The van der Waals surface area contributed by atoms with Crippen molar-refractivity contribution in [3.8, 4) is 5.75 Å². The lowest BCUT2D eigenvalue weighted by Gasteiger charge is -2.43. The molecule has 4 nitrogen and oxygen atoms in total. The minimum absolute atomic E-state index is 0.369. The Balaban J connectivity index is 1.50. The van der Waals surface area contributed by atoms with E-state index < -0.39 is 0 Å². The van der Waals surface area contributed by atoms with Crippen LogP contribution in [-0.4, -0.2) is 61.3 Å². The lowest BCUT2D eigenvalue weighted by atomic mass is 10.0. The van der Waals surface area contributed by atoms with Gasteiger partial charge in [0, 0.05) is 25.7 Å². The number of rotatable bonds is 4. The van der Waals surface area contributed by atoms with Crippen LogP contribution in [-0.2, 0) is 11.3 Å². The van der Waals surface area contributed by atoms with Crippen molar-refractivity contribution < 1.29 is 9.47 Å². The Hall–Kier alpha value is -1.10. The zero-order valence-electron chi connectivity index (χ0n) is 14.7. The summed E-state index contributed by atoms with van der Waals surface area (Å²) in [5, 5.41) is 0. The molecule has 23 heavy (non-hydrogen) atoms. The van der Waals surface area contributed by atoms with Gasteiger partial charge in [0.15, 0.2) is 0 Å². The van der Waals surface area contributed by atoms with Crippen molar-refractivity contribution in [2.24, 2.45) is 0 Å². The molecule has 0 aliphatic carbocycles. The highest BCUT2D eigenvalue weighted by molar-refractivity contribution is 5.28. The first-order valence-electron chi connectivity index (χ1n) is 8.89. The molecule has 0 amide bonds. The lowest BCUT2D eigenvalue weighted by molar-refractivity contribution is -0.0865. The van der Waals surface area contributed by atoms with E-state index in [1.54, 1.807) is 7.11 Å². The van der Waals surface area contributed by atoms with Crippen molar-refractivity contribution >= 4 is 0 Å². The van der Waals surface area contributed by atoms with Crippen molar-refractivity contribution in [2.75, 3.05) is 33.3 Å². The number of hydrogen-bond donors (Lipinski definition) is 0. The Bertz CT molecular complexity index is 490.